The van der Waals surface area contributed by atoms with Crippen LogP contribution in [-0.2, 0) is 6.42 Å². The first-order valence-electron chi connectivity index (χ1n) is 10.5. The molecule has 0 radical (unpaired) electrons. The zero-order valence-electron chi connectivity index (χ0n) is 16.9. The lowest BCUT2D eigenvalue weighted by molar-refractivity contribution is 0.102. The molecule has 0 saturated carbocycles. The van der Waals surface area contributed by atoms with Gasteiger partial charge in [-0.2, -0.15) is 0 Å². The van der Waals surface area contributed by atoms with Crippen molar-refractivity contribution >= 4 is 22.2 Å². The summed E-state index contributed by atoms with van der Waals surface area (Å²) < 4.78 is 0. The summed E-state index contributed by atoms with van der Waals surface area (Å²) in [6.45, 7) is 4.38. The summed E-state index contributed by atoms with van der Waals surface area (Å²) in [5.41, 5.74) is 3.22. The largest absolute Gasteiger partial charge is 0.313 e. The highest BCUT2D eigenvalue weighted by atomic mass is 32.1. The Morgan fingerprint density at radius 1 is 1.00 bits per heavy atom. The number of rotatable bonds is 6. The van der Waals surface area contributed by atoms with Gasteiger partial charge in [-0.05, 0) is 56.1 Å². The van der Waals surface area contributed by atoms with Crippen LogP contribution in [0.2, 0.25) is 0 Å². The highest BCUT2D eigenvalue weighted by molar-refractivity contribution is 7.16. The van der Waals surface area contributed by atoms with E-state index in [0.29, 0.717) is 5.56 Å². The number of hydrogen-bond acceptors (Lipinski definition) is 3. The number of anilines is 1. The molecule has 0 spiro atoms. The van der Waals surface area contributed by atoms with E-state index in [0.717, 1.165) is 24.5 Å². The molecule has 0 bridgehead atoms. The van der Waals surface area contributed by atoms with Crippen molar-refractivity contribution < 1.29 is 4.79 Å². The lowest BCUT2D eigenvalue weighted by Crippen LogP contribution is -2.34. The van der Waals surface area contributed by atoms with Crippen LogP contribution in [0.3, 0.4) is 0 Å². The molecule has 1 saturated heterocycles. The minimum Gasteiger partial charge on any atom is -0.313 e. The topological polar surface area (TPSA) is 32.3 Å². The Kier molecular flexibility index (Phi) is 6.43. The number of carbonyl (C=O) groups is 1. The van der Waals surface area contributed by atoms with Crippen molar-refractivity contribution in [1.82, 2.24) is 4.90 Å². The van der Waals surface area contributed by atoms with Crippen LogP contribution in [0.1, 0.15) is 58.6 Å². The minimum absolute atomic E-state index is 0.0400. The fourth-order valence-electron chi connectivity index (χ4n) is 4.10. The third kappa shape index (κ3) is 4.60. The van der Waals surface area contributed by atoms with Crippen LogP contribution in [0.4, 0.5) is 5.00 Å². The van der Waals surface area contributed by atoms with Crippen molar-refractivity contribution in [3.8, 4) is 0 Å². The standard InChI is InChI=1S/C25H28N2OS/c1-2-21-18-22(25(29-21)26-24(28)20-14-8-4-9-15-20)23(19-12-6-3-7-13-19)27-16-10-5-11-17-27/h3-4,6-9,12-15,18,23H,2,5,10-11,16-17H2,1H3,(H,26,28). The van der Waals surface area contributed by atoms with Crippen LogP contribution in [0, 0.1) is 0 Å². The van der Waals surface area contributed by atoms with Crippen LogP contribution in [0.15, 0.2) is 66.7 Å². The molecule has 3 nitrogen and oxygen atoms in total. The maximum Gasteiger partial charge on any atom is 0.256 e. The molecule has 1 atom stereocenters. The number of nitrogens with zero attached hydrogens (tertiary/aromatic N) is 1. The van der Waals surface area contributed by atoms with Crippen molar-refractivity contribution in [2.24, 2.45) is 0 Å². The molecule has 1 fully saturated rings. The van der Waals surface area contributed by atoms with E-state index in [-0.39, 0.29) is 11.9 Å². The molecule has 1 aliphatic rings. The average molecular weight is 405 g/mol. The highest BCUT2D eigenvalue weighted by Crippen LogP contribution is 2.40. The summed E-state index contributed by atoms with van der Waals surface area (Å²) in [5.74, 6) is -0.0400. The molecule has 2 aromatic carbocycles. The zero-order chi connectivity index (χ0) is 20.1. The van der Waals surface area contributed by atoms with E-state index in [1.807, 2.05) is 30.3 Å². The van der Waals surface area contributed by atoms with E-state index in [2.05, 4.69) is 53.5 Å². The third-order valence-corrected chi connectivity index (χ3v) is 6.80. The average Bonchev–Trinajstić information content (AvgIpc) is 3.18. The molecular formula is C25H28N2OS. The molecule has 1 amide bonds. The van der Waals surface area contributed by atoms with Crippen LogP contribution in [-0.4, -0.2) is 23.9 Å². The number of amides is 1. The zero-order valence-corrected chi connectivity index (χ0v) is 17.8. The van der Waals surface area contributed by atoms with Gasteiger partial charge in [-0.1, -0.05) is 61.9 Å². The third-order valence-electron chi connectivity index (χ3n) is 5.59. The van der Waals surface area contributed by atoms with Crippen molar-refractivity contribution in [2.75, 3.05) is 18.4 Å². The van der Waals surface area contributed by atoms with Crippen molar-refractivity contribution in [1.29, 1.82) is 0 Å². The monoisotopic (exact) mass is 404 g/mol. The molecule has 1 N–H and O–H groups in total. The maximum atomic E-state index is 12.9. The van der Waals surface area contributed by atoms with Gasteiger partial charge in [0, 0.05) is 16.0 Å². The molecule has 1 unspecified atom stereocenters. The Morgan fingerprint density at radius 2 is 1.66 bits per heavy atom. The molecular weight excluding hydrogens is 376 g/mol. The molecule has 0 aliphatic carbocycles. The number of thiophene rings is 1. The van der Waals surface area contributed by atoms with Crippen LogP contribution in [0.25, 0.3) is 0 Å². The van der Waals surface area contributed by atoms with Crippen molar-refractivity contribution in [2.45, 2.75) is 38.6 Å². The Morgan fingerprint density at radius 3 is 2.31 bits per heavy atom. The summed E-state index contributed by atoms with van der Waals surface area (Å²) >= 11 is 1.71. The highest BCUT2D eigenvalue weighted by Gasteiger charge is 2.28. The number of benzene rings is 2. The fraction of sp³-hybridized carbons (Fsp3) is 0.320. The molecule has 150 valence electrons. The number of nitrogens with one attached hydrogen (secondary N) is 1. The Balaban J connectivity index is 1.72. The lowest BCUT2D eigenvalue weighted by Gasteiger charge is -2.35. The van der Waals surface area contributed by atoms with Crippen molar-refractivity contribution in [3.05, 3.63) is 88.3 Å². The van der Waals surface area contributed by atoms with E-state index in [1.54, 1.807) is 11.3 Å². The van der Waals surface area contributed by atoms with Gasteiger partial charge in [0.2, 0.25) is 0 Å². The smallest absolute Gasteiger partial charge is 0.256 e. The van der Waals surface area contributed by atoms with Gasteiger partial charge in [-0.3, -0.25) is 9.69 Å². The first kappa shape index (κ1) is 19.9. The summed E-state index contributed by atoms with van der Waals surface area (Å²) in [6, 6.07) is 22.7. The van der Waals surface area contributed by atoms with Gasteiger partial charge in [0.25, 0.3) is 5.91 Å². The number of aryl methyl sites for hydroxylation is 1. The Hall–Kier alpha value is -2.43. The predicted octanol–water partition coefficient (Wildman–Crippen LogP) is 6.14. The van der Waals surface area contributed by atoms with E-state index >= 15 is 0 Å². The molecule has 4 heteroatoms. The van der Waals surface area contributed by atoms with Gasteiger partial charge in [-0.15, -0.1) is 11.3 Å². The van der Waals surface area contributed by atoms with Gasteiger partial charge < -0.3 is 5.32 Å². The maximum absolute atomic E-state index is 12.9. The molecule has 1 aromatic heterocycles. The summed E-state index contributed by atoms with van der Waals surface area (Å²) in [5, 5.41) is 4.21. The second-order valence-corrected chi connectivity index (χ2v) is 8.72. The van der Waals surface area contributed by atoms with Crippen LogP contribution in [0.5, 0.6) is 0 Å². The molecule has 4 rings (SSSR count). The van der Waals surface area contributed by atoms with E-state index < -0.39 is 0 Å². The second-order valence-electron chi connectivity index (χ2n) is 7.58. The quantitative estimate of drug-likeness (QED) is 0.535. The molecule has 1 aliphatic heterocycles. The first-order chi connectivity index (χ1) is 14.3. The molecule has 2 heterocycles. The van der Waals surface area contributed by atoms with E-state index in [4.69, 9.17) is 0 Å². The number of hydrogen-bond donors (Lipinski definition) is 1. The SMILES string of the molecule is CCc1cc(C(c2ccccc2)N2CCCCC2)c(NC(=O)c2ccccc2)s1. The molecule has 29 heavy (non-hydrogen) atoms. The van der Waals surface area contributed by atoms with E-state index in [1.165, 1.54) is 35.3 Å². The number of piperidine rings is 1. The Bertz CT molecular complexity index is 930. The van der Waals surface area contributed by atoms with Gasteiger partial charge >= 0.3 is 0 Å². The Labute approximate surface area is 177 Å². The fourth-order valence-corrected chi connectivity index (χ4v) is 5.12. The second kappa shape index (κ2) is 9.38. The van der Waals surface area contributed by atoms with Gasteiger partial charge in [0.1, 0.15) is 5.00 Å². The number of carbonyl (C=O) groups excluding carboxylic acids is 1. The summed E-state index contributed by atoms with van der Waals surface area (Å²) in [7, 11) is 0. The van der Waals surface area contributed by atoms with Crippen LogP contribution >= 0.6 is 11.3 Å². The summed E-state index contributed by atoms with van der Waals surface area (Å²) in [4.78, 5) is 16.8. The van der Waals surface area contributed by atoms with Crippen LogP contribution < -0.4 is 5.32 Å². The van der Waals surface area contributed by atoms with E-state index in [9.17, 15) is 4.79 Å². The summed E-state index contributed by atoms with van der Waals surface area (Å²) in [6.07, 6.45) is 4.75. The normalized spacial score (nSPS) is 15.8. The first-order valence-corrected chi connectivity index (χ1v) is 11.4. The van der Waals surface area contributed by atoms with Gasteiger partial charge in [-0.25, -0.2) is 0 Å². The molecule has 3 aromatic rings. The number of likely N-dealkylation sites (tertiary alicyclic amines) is 1. The van der Waals surface area contributed by atoms with Gasteiger partial charge in [0.05, 0.1) is 6.04 Å². The minimum atomic E-state index is -0.0400. The predicted molar refractivity (Wildman–Crippen MR) is 122 cm³/mol. The lowest BCUT2D eigenvalue weighted by atomic mass is 9.96. The van der Waals surface area contributed by atoms with Crippen molar-refractivity contribution in [3.63, 3.8) is 0 Å². The van der Waals surface area contributed by atoms with Gasteiger partial charge in [0.15, 0.2) is 0 Å².